The second-order valence-electron chi connectivity index (χ2n) is 4.00. The fraction of sp³-hybridized carbons (Fsp3) is 0.545. The van der Waals surface area contributed by atoms with Crippen LogP contribution in [0.5, 0.6) is 0 Å². The van der Waals surface area contributed by atoms with Gasteiger partial charge in [0.15, 0.2) is 11.5 Å². The molecule has 86 valence electrons. The third kappa shape index (κ3) is 3.83. The standard InChI is InChI=1S/C11H17N5/c1-9(4-7-16(2)3)15-11-10(8-12)13-5-6-14-11/h5-6,9H,4,7H2,1-3H3,(H,14,15). The summed E-state index contributed by atoms with van der Waals surface area (Å²) in [5, 5.41) is 12.0. The number of aromatic nitrogens is 2. The molecule has 0 saturated carbocycles. The van der Waals surface area contributed by atoms with Gasteiger partial charge in [-0.3, -0.25) is 0 Å². The molecule has 0 fully saturated rings. The molecule has 5 nitrogen and oxygen atoms in total. The van der Waals surface area contributed by atoms with E-state index >= 15 is 0 Å². The van der Waals surface area contributed by atoms with Gasteiger partial charge in [0.2, 0.25) is 0 Å². The molecule has 0 aliphatic rings. The van der Waals surface area contributed by atoms with E-state index in [-0.39, 0.29) is 6.04 Å². The Morgan fingerprint density at radius 3 is 2.75 bits per heavy atom. The summed E-state index contributed by atoms with van der Waals surface area (Å²) in [5.74, 6) is 0.566. The quantitative estimate of drug-likeness (QED) is 0.803. The van der Waals surface area contributed by atoms with Gasteiger partial charge < -0.3 is 10.2 Å². The highest BCUT2D eigenvalue weighted by atomic mass is 15.1. The number of nitrogens with zero attached hydrogens (tertiary/aromatic N) is 4. The number of nitrogens with one attached hydrogen (secondary N) is 1. The average molecular weight is 219 g/mol. The van der Waals surface area contributed by atoms with Crippen LogP contribution < -0.4 is 5.32 Å². The van der Waals surface area contributed by atoms with Crippen molar-refractivity contribution in [3.8, 4) is 6.07 Å². The van der Waals surface area contributed by atoms with E-state index in [0.717, 1.165) is 13.0 Å². The highest BCUT2D eigenvalue weighted by Crippen LogP contribution is 2.09. The van der Waals surface area contributed by atoms with Crippen molar-refractivity contribution in [1.82, 2.24) is 14.9 Å². The molecule has 0 bridgehead atoms. The molecule has 0 amide bonds. The molecule has 1 N–H and O–H groups in total. The fourth-order valence-corrected chi connectivity index (χ4v) is 1.28. The minimum atomic E-state index is 0.270. The summed E-state index contributed by atoms with van der Waals surface area (Å²) in [4.78, 5) is 10.2. The number of hydrogen-bond donors (Lipinski definition) is 1. The van der Waals surface area contributed by atoms with Crippen molar-refractivity contribution in [3.05, 3.63) is 18.1 Å². The van der Waals surface area contributed by atoms with E-state index in [1.165, 1.54) is 6.20 Å². The van der Waals surface area contributed by atoms with E-state index in [9.17, 15) is 0 Å². The molecule has 0 aliphatic carbocycles. The topological polar surface area (TPSA) is 64.8 Å². The van der Waals surface area contributed by atoms with Crippen molar-refractivity contribution < 1.29 is 0 Å². The molecule has 0 saturated heterocycles. The van der Waals surface area contributed by atoms with Crippen LogP contribution in [0, 0.1) is 11.3 Å². The molecule has 16 heavy (non-hydrogen) atoms. The first-order chi connectivity index (χ1) is 7.63. The zero-order valence-corrected chi connectivity index (χ0v) is 9.94. The maximum Gasteiger partial charge on any atom is 0.182 e. The van der Waals surface area contributed by atoms with Crippen molar-refractivity contribution in [3.63, 3.8) is 0 Å². The summed E-state index contributed by atoms with van der Waals surface area (Å²) in [7, 11) is 4.07. The molecular weight excluding hydrogens is 202 g/mol. The molecule has 1 rings (SSSR count). The lowest BCUT2D eigenvalue weighted by molar-refractivity contribution is 0.390. The lowest BCUT2D eigenvalue weighted by Gasteiger charge is -2.17. The number of rotatable bonds is 5. The summed E-state index contributed by atoms with van der Waals surface area (Å²) in [6.07, 6.45) is 4.10. The van der Waals surface area contributed by atoms with E-state index in [0.29, 0.717) is 11.5 Å². The number of nitriles is 1. The lowest BCUT2D eigenvalue weighted by Crippen LogP contribution is -2.23. The van der Waals surface area contributed by atoms with E-state index in [1.54, 1.807) is 6.20 Å². The van der Waals surface area contributed by atoms with Crippen LogP contribution >= 0.6 is 0 Å². The maximum absolute atomic E-state index is 8.85. The predicted molar refractivity (Wildman–Crippen MR) is 63.0 cm³/mol. The second kappa shape index (κ2) is 6.03. The third-order valence-electron chi connectivity index (χ3n) is 2.20. The first-order valence-electron chi connectivity index (χ1n) is 5.26. The van der Waals surface area contributed by atoms with Crippen LogP contribution in [-0.2, 0) is 0 Å². The largest absolute Gasteiger partial charge is 0.365 e. The van der Waals surface area contributed by atoms with Gasteiger partial charge in [-0.2, -0.15) is 5.26 Å². The minimum Gasteiger partial charge on any atom is -0.365 e. The zero-order valence-electron chi connectivity index (χ0n) is 9.94. The lowest BCUT2D eigenvalue weighted by atomic mass is 10.2. The van der Waals surface area contributed by atoms with Gasteiger partial charge in [-0.25, -0.2) is 9.97 Å². The Labute approximate surface area is 96.1 Å². The summed E-state index contributed by atoms with van der Waals surface area (Å²) in [6.45, 7) is 3.07. The average Bonchev–Trinajstić information content (AvgIpc) is 2.27. The third-order valence-corrected chi connectivity index (χ3v) is 2.20. The Bertz CT molecular complexity index is 369. The second-order valence-corrected chi connectivity index (χ2v) is 4.00. The highest BCUT2D eigenvalue weighted by Gasteiger charge is 2.08. The fourth-order valence-electron chi connectivity index (χ4n) is 1.28. The van der Waals surface area contributed by atoms with E-state index in [2.05, 4.69) is 27.1 Å². The molecular formula is C11H17N5. The van der Waals surface area contributed by atoms with Crippen molar-refractivity contribution >= 4 is 5.82 Å². The van der Waals surface area contributed by atoms with Crippen LogP contribution in [0.3, 0.4) is 0 Å². The summed E-state index contributed by atoms with van der Waals surface area (Å²) < 4.78 is 0. The molecule has 0 radical (unpaired) electrons. The first-order valence-corrected chi connectivity index (χ1v) is 5.26. The van der Waals surface area contributed by atoms with Crippen LogP contribution in [0.1, 0.15) is 19.0 Å². The first kappa shape index (κ1) is 12.4. The molecule has 0 spiro atoms. The van der Waals surface area contributed by atoms with Gasteiger partial charge in [-0.15, -0.1) is 0 Å². The van der Waals surface area contributed by atoms with Gasteiger partial charge in [0.25, 0.3) is 0 Å². The van der Waals surface area contributed by atoms with Gasteiger partial charge in [-0.05, 0) is 34.0 Å². The number of anilines is 1. The molecule has 1 unspecified atom stereocenters. The SMILES string of the molecule is CC(CCN(C)C)Nc1nccnc1C#N. The van der Waals surface area contributed by atoms with Crippen LogP contribution in [0.15, 0.2) is 12.4 Å². The van der Waals surface area contributed by atoms with Crippen molar-refractivity contribution in [2.24, 2.45) is 0 Å². The van der Waals surface area contributed by atoms with E-state index in [4.69, 9.17) is 5.26 Å². The van der Waals surface area contributed by atoms with Gasteiger partial charge >= 0.3 is 0 Å². The molecule has 1 atom stereocenters. The predicted octanol–water partition coefficient (Wildman–Crippen LogP) is 1.10. The molecule has 1 aromatic heterocycles. The smallest absolute Gasteiger partial charge is 0.182 e. The minimum absolute atomic E-state index is 0.270. The summed E-state index contributed by atoms with van der Waals surface area (Å²) in [5.41, 5.74) is 0.346. The molecule has 0 aromatic carbocycles. The van der Waals surface area contributed by atoms with Gasteiger partial charge in [-0.1, -0.05) is 0 Å². The van der Waals surface area contributed by atoms with E-state index < -0.39 is 0 Å². The normalized spacial score (nSPS) is 12.2. The van der Waals surface area contributed by atoms with Gasteiger partial charge in [0, 0.05) is 18.4 Å². The molecule has 1 heterocycles. The Kier molecular flexibility index (Phi) is 4.67. The van der Waals surface area contributed by atoms with Crippen LogP contribution in [0.25, 0.3) is 0 Å². The number of hydrogen-bond acceptors (Lipinski definition) is 5. The van der Waals surface area contributed by atoms with Crippen molar-refractivity contribution in [1.29, 1.82) is 5.26 Å². The Morgan fingerprint density at radius 1 is 1.44 bits per heavy atom. The van der Waals surface area contributed by atoms with Gasteiger partial charge in [0.05, 0.1) is 0 Å². The van der Waals surface area contributed by atoms with Crippen molar-refractivity contribution in [2.45, 2.75) is 19.4 Å². The molecule has 1 aromatic rings. The Hall–Kier alpha value is -1.67. The Morgan fingerprint density at radius 2 is 2.12 bits per heavy atom. The maximum atomic E-state index is 8.85. The van der Waals surface area contributed by atoms with Crippen LogP contribution in [0.4, 0.5) is 5.82 Å². The van der Waals surface area contributed by atoms with Crippen LogP contribution in [0.2, 0.25) is 0 Å². The van der Waals surface area contributed by atoms with Gasteiger partial charge in [0.1, 0.15) is 6.07 Å². The zero-order chi connectivity index (χ0) is 12.0. The van der Waals surface area contributed by atoms with Crippen LogP contribution in [-0.4, -0.2) is 41.5 Å². The summed E-state index contributed by atoms with van der Waals surface area (Å²) >= 11 is 0. The highest BCUT2D eigenvalue weighted by molar-refractivity contribution is 5.47. The molecule has 5 heteroatoms. The van der Waals surface area contributed by atoms with E-state index in [1.807, 2.05) is 20.2 Å². The van der Waals surface area contributed by atoms with Crippen molar-refractivity contribution in [2.75, 3.05) is 26.0 Å². The Balaban J connectivity index is 2.56. The summed E-state index contributed by atoms with van der Waals surface area (Å²) in [6, 6.07) is 2.29. The molecule has 0 aliphatic heterocycles. The monoisotopic (exact) mass is 219 g/mol.